The first-order valence-electron chi connectivity index (χ1n) is 8.10. The summed E-state index contributed by atoms with van der Waals surface area (Å²) in [7, 11) is 0. The van der Waals surface area contributed by atoms with E-state index in [0.717, 1.165) is 49.8 Å². The maximum absolute atomic E-state index is 12.3. The molecule has 0 radical (unpaired) electrons. The largest absolute Gasteiger partial charge is 0.457 e. The molecule has 0 atom stereocenters. The van der Waals surface area contributed by atoms with Crippen LogP contribution in [0.4, 0.5) is 0 Å². The van der Waals surface area contributed by atoms with Crippen molar-refractivity contribution in [3.05, 3.63) is 60.2 Å². The molecule has 0 aromatic heterocycles. The summed E-state index contributed by atoms with van der Waals surface area (Å²) in [6.07, 6.45) is 0.568. The van der Waals surface area contributed by atoms with Gasteiger partial charge in [-0.3, -0.25) is 4.79 Å². The second-order valence-corrected chi connectivity index (χ2v) is 5.70. The van der Waals surface area contributed by atoms with Crippen molar-refractivity contribution in [1.82, 2.24) is 10.2 Å². The number of rotatable bonds is 6. The van der Waals surface area contributed by atoms with Gasteiger partial charge in [0.1, 0.15) is 11.5 Å². The van der Waals surface area contributed by atoms with Crippen molar-refractivity contribution in [2.45, 2.75) is 6.42 Å². The molecular weight excluding hydrogens is 288 g/mol. The fourth-order valence-corrected chi connectivity index (χ4v) is 2.67. The molecule has 1 aliphatic rings. The molecule has 2 aromatic carbocycles. The lowest BCUT2D eigenvalue weighted by atomic mass is 10.1. The van der Waals surface area contributed by atoms with E-state index in [1.807, 2.05) is 54.6 Å². The lowest BCUT2D eigenvalue weighted by molar-refractivity contribution is 0.0960. The first kappa shape index (κ1) is 15.7. The maximum atomic E-state index is 12.3. The van der Waals surface area contributed by atoms with Crippen LogP contribution < -0.4 is 10.1 Å². The molecule has 1 aliphatic heterocycles. The van der Waals surface area contributed by atoms with E-state index in [1.54, 1.807) is 0 Å². The van der Waals surface area contributed by atoms with Crippen molar-refractivity contribution in [2.24, 2.45) is 0 Å². The quantitative estimate of drug-likeness (QED) is 0.833. The predicted octanol–water partition coefficient (Wildman–Crippen LogP) is 2.96. The molecule has 1 heterocycles. The molecule has 0 saturated carbocycles. The van der Waals surface area contributed by atoms with E-state index in [1.165, 1.54) is 0 Å². The van der Waals surface area contributed by atoms with Gasteiger partial charge in [-0.2, -0.15) is 0 Å². The minimum absolute atomic E-state index is 0.190. The molecule has 4 nitrogen and oxygen atoms in total. The number of nitrogens with one attached hydrogen (secondary N) is 1. The van der Waals surface area contributed by atoms with E-state index in [-0.39, 0.29) is 5.78 Å². The highest BCUT2D eigenvalue weighted by atomic mass is 16.5. The van der Waals surface area contributed by atoms with E-state index in [9.17, 15) is 4.79 Å². The van der Waals surface area contributed by atoms with Gasteiger partial charge in [0.15, 0.2) is 5.78 Å². The summed E-state index contributed by atoms with van der Waals surface area (Å²) in [5.74, 6) is 1.73. The third kappa shape index (κ3) is 4.65. The number of piperazine rings is 1. The molecule has 2 aromatic rings. The number of ether oxygens (including phenoxy) is 1. The summed E-state index contributed by atoms with van der Waals surface area (Å²) in [5.41, 5.74) is 0.751. The third-order valence-corrected chi connectivity index (χ3v) is 4.02. The smallest absolute Gasteiger partial charge is 0.164 e. The number of nitrogens with zero attached hydrogens (tertiary/aromatic N) is 1. The molecule has 1 saturated heterocycles. The fraction of sp³-hybridized carbons (Fsp3) is 0.316. The standard InChI is InChI=1S/C19H22N2O2/c22-19(10-13-21-14-11-20-12-15-21)16-6-8-18(9-7-16)23-17-4-2-1-3-5-17/h1-9,20H,10-15H2. The SMILES string of the molecule is O=C(CCN1CCNCC1)c1ccc(Oc2ccccc2)cc1. The summed E-state index contributed by atoms with van der Waals surface area (Å²) in [4.78, 5) is 14.6. The summed E-state index contributed by atoms with van der Waals surface area (Å²) < 4.78 is 5.74. The number of hydrogen-bond acceptors (Lipinski definition) is 4. The van der Waals surface area contributed by atoms with E-state index < -0.39 is 0 Å². The fourth-order valence-electron chi connectivity index (χ4n) is 2.67. The van der Waals surface area contributed by atoms with Crippen LogP contribution in [0, 0.1) is 0 Å². The van der Waals surface area contributed by atoms with Crippen LogP contribution in [0.2, 0.25) is 0 Å². The van der Waals surface area contributed by atoms with Crippen LogP contribution in [-0.4, -0.2) is 43.4 Å². The zero-order valence-electron chi connectivity index (χ0n) is 13.2. The monoisotopic (exact) mass is 310 g/mol. The third-order valence-electron chi connectivity index (χ3n) is 4.02. The van der Waals surface area contributed by atoms with Crippen LogP contribution in [0.15, 0.2) is 54.6 Å². The molecule has 0 bridgehead atoms. The van der Waals surface area contributed by atoms with Crippen LogP contribution in [0.5, 0.6) is 11.5 Å². The second-order valence-electron chi connectivity index (χ2n) is 5.70. The van der Waals surface area contributed by atoms with Crippen LogP contribution in [0.1, 0.15) is 16.8 Å². The zero-order valence-corrected chi connectivity index (χ0v) is 13.2. The summed E-state index contributed by atoms with van der Waals surface area (Å²) in [6.45, 7) is 4.91. The predicted molar refractivity (Wildman–Crippen MR) is 91.2 cm³/mol. The van der Waals surface area contributed by atoms with Crippen molar-refractivity contribution in [2.75, 3.05) is 32.7 Å². The van der Waals surface area contributed by atoms with Crippen LogP contribution in [0.3, 0.4) is 0 Å². The Morgan fingerprint density at radius 2 is 1.61 bits per heavy atom. The summed E-state index contributed by atoms with van der Waals surface area (Å²) >= 11 is 0. The highest BCUT2D eigenvalue weighted by Crippen LogP contribution is 2.21. The Morgan fingerprint density at radius 1 is 0.957 bits per heavy atom. The molecule has 23 heavy (non-hydrogen) atoms. The van der Waals surface area contributed by atoms with Gasteiger partial charge in [-0.05, 0) is 36.4 Å². The summed E-state index contributed by atoms with van der Waals surface area (Å²) in [5, 5.41) is 3.32. The number of ketones is 1. The zero-order chi connectivity index (χ0) is 15.9. The number of Topliss-reactive ketones (excluding diaryl/α,β-unsaturated/α-hetero) is 1. The van der Waals surface area contributed by atoms with Gasteiger partial charge in [-0.15, -0.1) is 0 Å². The van der Waals surface area contributed by atoms with E-state index >= 15 is 0 Å². The Morgan fingerprint density at radius 3 is 2.30 bits per heavy atom. The number of carbonyl (C=O) groups excluding carboxylic acids is 1. The minimum Gasteiger partial charge on any atom is -0.457 e. The van der Waals surface area contributed by atoms with Crippen LogP contribution in [-0.2, 0) is 0 Å². The minimum atomic E-state index is 0.190. The molecule has 0 amide bonds. The Kier molecular flexibility index (Phi) is 5.40. The Labute approximate surface area is 137 Å². The molecule has 120 valence electrons. The van der Waals surface area contributed by atoms with Gasteiger partial charge in [-0.25, -0.2) is 0 Å². The lowest BCUT2D eigenvalue weighted by Gasteiger charge is -2.26. The van der Waals surface area contributed by atoms with Gasteiger partial charge >= 0.3 is 0 Å². The molecule has 0 unspecified atom stereocenters. The average molecular weight is 310 g/mol. The Balaban J connectivity index is 1.52. The molecule has 3 rings (SSSR count). The highest BCUT2D eigenvalue weighted by molar-refractivity contribution is 5.96. The normalized spacial score (nSPS) is 15.3. The lowest BCUT2D eigenvalue weighted by Crippen LogP contribution is -2.44. The van der Waals surface area contributed by atoms with E-state index in [2.05, 4.69) is 10.2 Å². The number of para-hydroxylation sites is 1. The number of hydrogen-bond donors (Lipinski definition) is 1. The van der Waals surface area contributed by atoms with E-state index in [4.69, 9.17) is 4.74 Å². The van der Waals surface area contributed by atoms with Crippen molar-refractivity contribution in [3.8, 4) is 11.5 Å². The highest BCUT2D eigenvalue weighted by Gasteiger charge is 2.12. The van der Waals surface area contributed by atoms with Gasteiger partial charge in [0.2, 0.25) is 0 Å². The topological polar surface area (TPSA) is 41.6 Å². The van der Waals surface area contributed by atoms with Crippen molar-refractivity contribution in [3.63, 3.8) is 0 Å². The molecule has 1 fully saturated rings. The van der Waals surface area contributed by atoms with Crippen LogP contribution >= 0.6 is 0 Å². The molecule has 0 aliphatic carbocycles. The first-order chi connectivity index (χ1) is 11.3. The first-order valence-corrected chi connectivity index (χ1v) is 8.10. The van der Waals surface area contributed by atoms with Gasteiger partial charge in [0, 0.05) is 44.7 Å². The van der Waals surface area contributed by atoms with Gasteiger partial charge in [0.25, 0.3) is 0 Å². The second kappa shape index (κ2) is 7.90. The Hall–Kier alpha value is -2.17. The van der Waals surface area contributed by atoms with Gasteiger partial charge in [-0.1, -0.05) is 18.2 Å². The average Bonchev–Trinajstić information content (AvgIpc) is 2.62. The maximum Gasteiger partial charge on any atom is 0.164 e. The molecule has 0 spiro atoms. The van der Waals surface area contributed by atoms with E-state index in [0.29, 0.717) is 6.42 Å². The van der Waals surface area contributed by atoms with Crippen molar-refractivity contribution in [1.29, 1.82) is 0 Å². The van der Waals surface area contributed by atoms with Crippen LogP contribution in [0.25, 0.3) is 0 Å². The van der Waals surface area contributed by atoms with Gasteiger partial charge in [0.05, 0.1) is 0 Å². The van der Waals surface area contributed by atoms with Gasteiger partial charge < -0.3 is 15.0 Å². The van der Waals surface area contributed by atoms with Crippen molar-refractivity contribution < 1.29 is 9.53 Å². The number of benzene rings is 2. The Bertz CT molecular complexity index is 620. The molecule has 1 N–H and O–H groups in total. The number of carbonyl (C=O) groups is 1. The summed E-state index contributed by atoms with van der Waals surface area (Å²) in [6, 6.07) is 17.0. The molecular formula is C19H22N2O2. The molecule has 4 heteroatoms. The van der Waals surface area contributed by atoms with Crippen molar-refractivity contribution >= 4 is 5.78 Å².